The number of nitrogens with zero attached hydrogens (tertiary/aromatic N) is 2. The molecule has 0 fully saturated rings. The van der Waals surface area contributed by atoms with Crippen molar-refractivity contribution in [2.24, 2.45) is 11.7 Å². The van der Waals surface area contributed by atoms with Gasteiger partial charge in [0.1, 0.15) is 0 Å². The van der Waals surface area contributed by atoms with Gasteiger partial charge in [0.05, 0.1) is 11.6 Å². The molecule has 2 rings (SSSR count). The van der Waals surface area contributed by atoms with Gasteiger partial charge in [0.2, 0.25) is 0 Å². The molecule has 0 aliphatic rings. The number of hydrogen-bond donors (Lipinski definition) is 1. The third-order valence-electron chi connectivity index (χ3n) is 3.70. The second-order valence-corrected chi connectivity index (χ2v) is 5.64. The van der Waals surface area contributed by atoms with Gasteiger partial charge in [-0.15, -0.1) is 0 Å². The van der Waals surface area contributed by atoms with Crippen molar-refractivity contribution in [2.45, 2.75) is 33.4 Å². The van der Waals surface area contributed by atoms with E-state index >= 15 is 0 Å². The molecule has 1 aromatic carbocycles. The lowest BCUT2D eigenvalue weighted by molar-refractivity contribution is 0.513. The van der Waals surface area contributed by atoms with Crippen molar-refractivity contribution in [1.82, 2.24) is 4.57 Å². The van der Waals surface area contributed by atoms with E-state index in [1.807, 2.05) is 25.1 Å². The van der Waals surface area contributed by atoms with Crippen LogP contribution in [-0.4, -0.2) is 4.57 Å². The molecular weight excluding hydrogens is 246 g/mol. The van der Waals surface area contributed by atoms with Crippen LogP contribution in [0.2, 0.25) is 0 Å². The van der Waals surface area contributed by atoms with Gasteiger partial charge in [-0.25, -0.2) is 0 Å². The van der Waals surface area contributed by atoms with Gasteiger partial charge in [-0.3, -0.25) is 0 Å². The first kappa shape index (κ1) is 14.4. The summed E-state index contributed by atoms with van der Waals surface area (Å²) in [6, 6.07) is 10.2. The van der Waals surface area contributed by atoms with Gasteiger partial charge < -0.3 is 10.3 Å². The average Bonchev–Trinajstić information content (AvgIpc) is 2.88. The van der Waals surface area contributed by atoms with E-state index in [2.05, 4.69) is 42.9 Å². The van der Waals surface area contributed by atoms with Crippen LogP contribution in [0.15, 0.2) is 36.7 Å². The van der Waals surface area contributed by atoms with E-state index in [1.54, 1.807) is 0 Å². The molecule has 3 nitrogen and oxygen atoms in total. The van der Waals surface area contributed by atoms with Gasteiger partial charge in [0, 0.05) is 25.0 Å². The van der Waals surface area contributed by atoms with E-state index in [1.165, 1.54) is 11.1 Å². The molecule has 2 aromatic rings. The number of rotatable bonds is 4. The molecule has 0 amide bonds. The van der Waals surface area contributed by atoms with Gasteiger partial charge in [0.15, 0.2) is 0 Å². The Bertz CT molecular complexity index is 632. The van der Waals surface area contributed by atoms with Gasteiger partial charge >= 0.3 is 0 Å². The molecule has 0 aliphatic heterocycles. The summed E-state index contributed by atoms with van der Waals surface area (Å²) < 4.78 is 2.14. The number of aromatic nitrogens is 1. The number of aryl methyl sites for hydroxylation is 1. The summed E-state index contributed by atoms with van der Waals surface area (Å²) in [6.45, 7) is 7.11. The molecule has 0 bridgehead atoms. The van der Waals surface area contributed by atoms with Crippen LogP contribution in [0, 0.1) is 24.2 Å². The molecule has 104 valence electrons. The Kier molecular flexibility index (Phi) is 4.26. The first-order chi connectivity index (χ1) is 9.51. The van der Waals surface area contributed by atoms with Crippen LogP contribution in [-0.2, 0) is 6.54 Å². The van der Waals surface area contributed by atoms with Gasteiger partial charge in [-0.2, -0.15) is 5.26 Å². The topological polar surface area (TPSA) is 54.7 Å². The van der Waals surface area contributed by atoms with Crippen LogP contribution < -0.4 is 5.73 Å². The van der Waals surface area contributed by atoms with E-state index < -0.39 is 0 Å². The monoisotopic (exact) mass is 267 g/mol. The summed E-state index contributed by atoms with van der Waals surface area (Å²) in [5.41, 5.74) is 10.4. The van der Waals surface area contributed by atoms with Crippen LogP contribution in [0.5, 0.6) is 0 Å². The maximum atomic E-state index is 8.89. The summed E-state index contributed by atoms with van der Waals surface area (Å²) in [5.74, 6) is 0.433. The van der Waals surface area contributed by atoms with Crippen LogP contribution >= 0.6 is 0 Å². The molecule has 0 spiro atoms. The normalized spacial score (nSPS) is 12.4. The zero-order valence-electron chi connectivity index (χ0n) is 12.3. The average molecular weight is 267 g/mol. The van der Waals surface area contributed by atoms with Crippen molar-refractivity contribution >= 4 is 0 Å². The molecule has 3 heteroatoms. The third-order valence-corrected chi connectivity index (χ3v) is 3.70. The predicted molar refractivity (Wildman–Crippen MR) is 81.2 cm³/mol. The smallest absolute Gasteiger partial charge is 0.0991 e. The summed E-state index contributed by atoms with van der Waals surface area (Å²) in [7, 11) is 0. The van der Waals surface area contributed by atoms with Crippen LogP contribution in [0.1, 0.15) is 42.1 Å². The number of nitriles is 1. The summed E-state index contributed by atoms with van der Waals surface area (Å²) >= 11 is 0. The molecule has 1 heterocycles. The summed E-state index contributed by atoms with van der Waals surface area (Å²) in [5, 5.41) is 8.89. The SMILES string of the molecule is Cc1cc(C#N)ccc1Cn1ccc(C(N)C(C)C)c1. The molecule has 1 unspecified atom stereocenters. The van der Waals surface area contributed by atoms with Crippen molar-refractivity contribution in [3.63, 3.8) is 0 Å². The van der Waals surface area contributed by atoms with Gasteiger partial charge in [0.25, 0.3) is 0 Å². The lowest BCUT2D eigenvalue weighted by Crippen LogP contribution is -2.15. The van der Waals surface area contributed by atoms with Crippen molar-refractivity contribution in [2.75, 3.05) is 0 Å². The van der Waals surface area contributed by atoms with Gasteiger partial charge in [-0.1, -0.05) is 19.9 Å². The Morgan fingerprint density at radius 1 is 1.30 bits per heavy atom. The summed E-state index contributed by atoms with van der Waals surface area (Å²) in [6.07, 6.45) is 4.18. The molecule has 2 N–H and O–H groups in total. The molecule has 0 saturated heterocycles. The minimum atomic E-state index is 0.0818. The number of nitrogens with two attached hydrogens (primary N) is 1. The highest BCUT2D eigenvalue weighted by molar-refractivity contribution is 5.37. The van der Waals surface area contributed by atoms with Crippen molar-refractivity contribution in [3.05, 3.63) is 58.9 Å². The van der Waals surface area contributed by atoms with Crippen LogP contribution in [0.4, 0.5) is 0 Å². The first-order valence-corrected chi connectivity index (χ1v) is 6.92. The minimum Gasteiger partial charge on any atom is -0.350 e. The maximum Gasteiger partial charge on any atom is 0.0991 e. The number of benzene rings is 1. The lowest BCUT2D eigenvalue weighted by atomic mass is 10.00. The fourth-order valence-electron chi connectivity index (χ4n) is 2.28. The van der Waals surface area contributed by atoms with E-state index in [0.29, 0.717) is 11.5 Å². The number of hydrogen-bond acceptors (Lipinski definition) is 2. The molecule has 0 aliphatic carbocycles. The van der Waals surface area contributed by atoms with E-state index in [4.69, 9.17) is 11.0 Å². The fourth-order valence-corrected chi connectivity index (χ4v) is 2.28. The first-order valence-electron chi connectivity index (χ1n) is 6.92. The van der Waals surface area contributed by atoms with Gasteiger partial charge in [-0.05, 0) is 47.7 Å². The molecule has 0 radical (unpaired) electrons. The fraction of sp³-hybridized carbons (Fsp3) is 0.353. The quantitative estimate of drug-likeness (QED) is 0.923. The summed E-state index contributed by atoms with van der Waals surface area (Å²) in [4.78, 5) is 0. The van der Waals surface area contributed by atoms with Crippen LogP contribution in [0.25, 0.3) is 0 Å². The Morgan fingerprint density at radius 2 is 2.05 bits per heavy atom. The zero-order chi connectivity index (χ0) is 14.7. The molecule has 1 atom stereocenters. The minimum absolute atomic E-state index is 0.0818. The zero-order valence-corrected chi connectivity index (χ0v) is 12.3. The Labute approximate surface area is 120 Å². The Balaban J connectivity index is 2.17. The van der Waals surface area contributed by atoms with Crippen molar-refractivity contribution in [3.8, 4) is 6.07 Å². The molecular formula is C17H21N3. The second-order valence-electron chi connectivity index (χ2n) is 5.64. The highest BCUT2D eigenvalue weighted by Crippen LogP contribution is 2.20. The molecule has 1 aromatic heterocycles. The highest BCUT2D eigenvalue weighted by Gasteiger charge is 2.11. The van der Waals surface area contributed by atoms with E-state index in [-0.39, 0.29) is 6.04 Å². The largest absolute Gasteiger partial charge is 0.350 e. The van der Waals surface area contributed by atoms with Crippen molar-refractivity contribution in [1.29, 1.82) is 5.26 Å². The Hall–Kier alpha value is -2.05. The maximum absolute atomic E-state index is 8.89. The highest BCUT2D eigenvalue weighted by atomic mass is 14.9. The molecule has 20 heavy (non-hydrogen) atoms. The second kappa shape index (κ2) is 5.94. The standard InChI is InChI=1S/C17H21N3/c1-12(2)17(19)16-6-7-20(11-16)10-15-5-4-14(9-18)8-13(15)3/h4-8,11-12,17H,10,19H2,1-3H3. The van der Waals surface area contributed by atoms with E-state index in [0.717, 1.165) is 12.1 Å². The Morgan fingerprint density at radius 3 is 2.65 bits per heavy atom. The van der Waals surface area contributed by atoms with E-state index in [9.17, 15) is 0 Å². The van der Waals surface area contributed by atoms with Crippen molar-refractivity contribution < 1.29 is 0 Å². The molecule has 0 saturated carbocycles. The van der Waals surface area contributed by atoms with Crippen LogP contribution in [0.3, 0.4) is 0 Å². The third kappa shape index (κ3) is 3.09. The lowest BCUT2D eigenvalue weighted by Gasteiger charge is -2.13. The predicted octanol–water partition coefficient (Wildman–Crippen LogP) is 3.37.